The minimum Gasteiger partial charge on any atom is -0.466 e. The summed E-state index contributed by atoms with van der Waals surface area (Å²) in [6.07, 6.45) is 1.43. The summed E-state index contributed by atoms with van der Waals surface area (Å²) in [4.78, 5) is 26.9. The fourth-order valence-corrected chi connectivity index (χ4v) is 3.48. The normalized spacial score (nSPS) is 16.2. The Balaban J connectivity index is 1.53. The van der Waals surface area contributed by atoms with Crippen molar-refractivity contribution in [2.75, 3.05) is 13.1 Å². The van der Waals surface area contributed by atoms with E-state index in [1.54, 1.807) is 17.9 Å². The Labute approximate surface area is 159 Å². The van der Waals surface area contributed by atoms with E-state index >= 15 is 0 Å². The third kappa shape index (κ3) is 4.39. The molecule has 0 bridgehead atoms. The van der Waals surface area contributed by atoms with Crippen LogP contribution in [0, 0.1) is 20.8 Å². The van der Waals surface area contributed by atoms with Crippen molar-refractivity contribution in [3.8, 4) is 0 Å². The molecule has 1 aliphatic heterocycles. The number of rotatable bonds is 4. The molecule has 0 saturated carbocycles. The standard InChI is InChI=1S/C21H27N3O3/c1-13-4-6-16(7-5-13)19(22)21(26)24-10-8-17(9-11-24)23-20(25)18-12-14(2)27-15(18)3/h4-7,12,17,19H,8-11,22H2,1-3H3,(H,23,25). The van der Waals surface area contributed by atoms with Crippen LogP contribution in [0.25, 0.3) is 0 Å². The van der Waals surface area contributed by atoms with E-state index in [1.165, 1.54) is 0 Å². The highest BCUT2D eigenvalue weighted by Crippen LogP contribution is 2.19. The van der Waals surface area contributed by atoms with Gasteiger partial charge in [0.15, 0.2) is 0 Å². The van der Waals surface area contributed by atoms with E-state index in [1.807, 2.05) is 38.1 Å². The van der Waals surface area contributed by atoms with E-state index in [0.717, 1.165) is 16.9 Å². The molecule has 0 aliphatic carbocycles. The van der Waals surface area contributed by atoms with Gasteiger partial charge in [-0.25, -0.2) is 0 Å². The largest absolute Gasteiger partial charge is 0.466 e. The van der Waals surface area contributed by atoms with E-state index in [4.69, 9.17) is 10.2 Å². The number of hydrogen-bond donors (Lipinski definition) is 2. The molecule has 3 rings (SSSR count). The fraction of sp³-hybridized carbons (Fsp3) is 0.429. The van der Waals surface area contributed by atoms with Crippen LogP contribution >= 0.6 is 0 Å². The molecule has 3 N–H and O–H groups in total. The van der Waals surface area contributed by atoms with Gasteiger partial charge in [-0.2, -0.15) is 0 Å². The van der Waals surface area contributed by atoms with Crippen LogP contribution in [0.5, 0.6) is 0 Å². The van der Waals surface area contributed by atoms with Crippen LogP contribution in [0.15, 0.2) is 34.7 Å². The zero-order valence-corrected chi connectivity index (χ0v) is 16.1. The Kier molecular flexibility index (Phi) is 5.65. The molecule has 0 radical (unpaired) electrons. The molecule has 144 valence electrons. The van der Waals surface area contributed by atoms with Crippen molar-refractivity contribution in [3.05, 3.63) is 58.5 Å². The van der Waals surface area contributed by atoms with E-state index in [-0.39, 0.29) is 17.9 Å². The number of likely N-dealkylation sites (tertiary alicyclic amines) is 1. The number of carbonyl (C=O) groups excluding carboxylic acids is 2. The van der Waals surface area contributed by atoms with Crippen LogP contribution in [-0.4, -0.2) is 35.8 Å². The number of nitrogens with zero attached hydrogens (tertiary/aromatic N) is 1. The smallest absolute Gasteiger partial charge is 0.255 e. The molecule has 1 fully saturated rings. The van der Waals surface area contributed by atoms with Crippen LogP contribution < -0.4 is 11.1 Å². The molecule has 2 amide bonds. The molecule has 0 spiro atoms. The summed E-state index contributed by atoms with van der Waals surface area (Å²) in [5.41, 5.74) is 8.70. The maximum absolute atomic E-state index is 12.7. The lowest BCUT2D eigenvalue weighted by Gasteiger charge is -2.34. The van der Waals surface area contributed by atoms with Gasteiger partial charge in [0, 0.05) is 19.1 Å². The van der Waals surface area contributed by atoms with E-state index in [2.05, 4.69) is 5.32 Å². The summed E-state index contributed by atoms with van der Waals surface area (Å²) in [6, 6.07) is 8.89. The number of amides is 2. The lowest BCUT2D eigenvalue weighted by molar-refractivity contribution is -0.133. The van der Waals surface area contributed by atoms with Gasteiger partial charge in [-0.1, -0.05) is 29.8 Å². The monoisotopic (exact) mass is 369 g/mol. The molecule has 1 aromatic heterocycles. The Morgan fingerprint density at radius 1 is 1.15 bits per heavy atom. The lowest BCUT2D eigenvalue weighted by atomic mass is 10.0. The van der Waals surface area contributed by atoms with Gasteiger partial charge >= 0.3 is 0 Å². The molecular weight excluding hydrogens is 342 g/mol. The van der Waals surface area contributed by atoms with E-state index < -0.39 is 6.04 Å². The van der Waals surface area contributed by atoms with Crippen LogP contribution in [0.3, 0.4) is 0 Å². The summed E-state index contributed by atoms with van der Waals surface area (Å²) in [7, 11) is 0. The molecule has 1 aliphatic rings. The maximum Gasteiger partial charge on any atom is 0.255 e. The second-order valence-electron chi connectivity index (χ2n) is 7.29. The number of piperidine rings is 1. The molecule has 2 heterocycles. The van der Waals surface area contributed by atoms with Gasteiger partial charge in [0.05, 0.1) is 5.56 Å². The van der Waals surface area contributed by atoms with Gasteiger partial charge in [0.1, 0.15) is 17.6 Å². The van der Waals surface area contributed by atoms with Crippen molar-refractivity contribution in [2.45, 2.75) is 45.7 Å². The van der Waals surface area contributed by atoms with Crippen LogP contribution in [0.4, 0.5) is 0 Å². The molecule has 2 aromatic rings. The molecule has 1 saturated heterocycles. The molecule has 1 atom stereocenters. The zero-order chi connectivity index (χ0) is 19.6. The Bertz CT molecular complexity index is 818. The Hall–Kier alpha value is -2.60. The first-order valence-electron chi connectivity index (χ1n) is 9.34. The summed E-state index contributed by atoms with van der Waals surface area (Å²) >= 11 is 0. The van der Waals surface area contributed by atoms with Crippen LogP contribution in [-0.2, 0) is 4.79 Å². The number of nitrogens with one attached hydrogen (secondary N) is 1. The SMILES string of the molecule is Cc1ccc(C(N)C(=O)N2CCC(NC(=O)c3cc(C)oc3C)CC2)cc1. The van der Waals surface area contributed by atoms with Gasteiger partial charge in [0.2, 0.25) is 5.91 Å². The van der Waals surface area contributed by atoms with E-state index in [0.29, 0.717) is 37.3 Å². The number of benzene rings is 1. The fourth-order valence-electron chi connectivity index (χ4n) is 3.48. The average molecular weight is 369 g/mol. The third-order valence-electron chi connectivity index (χ3n) is 5.13. The molecule has 1 unspecified atom stereocenters. The second-order valence-corrected chi connectivity index (χ2v) is 7.29. The lowest BCUT2D eigenvalue weighted by Crippen LogP contribution is -2.48. The first-order valence-corrected chi connectivity index (χ1v) is 9.34. The number of furan rings is 1. The molecular formula is C21H27N3O3. The van der Waals surface area contributed by atoms with Crippen molar-refractivity contribution in [1.82, 2.24) is 10.2 Å². The van der Waals surface area contributed by atoms with E-state index in [9.17, 15) is 9.59 Å². The van der Waals surface area contributed by atoms with Crippen molar-refractivity contribution < 1.29 is 14.0 Å². The number of hydrogen-bond acceptors (Lipinski definition) is 4. The van der Waals surface area contributed by atoms with Crippen molar-refractivity contribution in [2.24, 2.45) is 5.73 Å². The van der Waals surface area contributed by atoms with Gasteiger partial charge in [-0.3, -0.25) is 9.59 Å². The zero-order valence-electron chi connectivity index (χ0n) is 16.1. The highest BCUT2D eigenvalue weighted by Gasteiger charge is 2.28. The van der Waals surface area contributed by atoms with Crippen molar-refractivity contribution >= 4 is 11.8 Å². The third-order valence-corrected chi connectivity index (χ3v) is 5.13. The second kappa shape index (κ2) is 7.96. The van der Waals surface area contributed by atoms with Gasteiger partial charge in [-0.05, 0) is 45.2 Å². The number of aryl methyl sites for hydroxylation is 3. The molecule has 27 heavy (non-hydrogen) atoms. The molecule has 6 nitrogen and oxygen atoms in total. The van der Waals surface area contributed by atoms with Gasteiger partial charge in [-0.15, -0.1) is 0 Å². The van der Waals surface area contributed by atoms with Crippen LogP contribution in [0.1, 0.15) is 51.9 Å². The summed E-state index contributed by atoms with van der Waals surface area (Å²) in [5.74, 6) is 1.17. The topological polar surface area (TPSA) is 88.6 Å². The highest BCUT2D eigenvalue weighted by molar-refractivity contribution is 5.95. The van der Waals surface area contributed by atoms with Crippen molar-refractivity contribution in [3.63, 3.8) is 0 Å². The highest BCUT2D eigenvalue weighted by atomic mass is 16.3. The summed E-state index contributed by atoms with van der Waals surface area (Å²) < 4.78 is 5.42. The summed E-state index contributed by atoms with van der Waals surface area (Å²) in [5, 5.41) is 3.05. The first kappa shape index (κ1) is 19.2. The first-order chi connectivity index (χ1) is 12.8. The summed E-state index contributed by atoms with van der Waals surface area (Å²) in [6.45, 7) is 6.79. The predicted octanol–water partition coefficient (Wildman–Crippen LogP) is 2.63. The Morgan fingerprint density at radius 2 is 1.78 bits per heavy atom. The average Bonchev–Trinajstić information content (AvgIpc) is 3.00. The minimum absolute atomic E-state index is 0.0479. The molecule has 1 aromatic carbocycles. The minimum atomic E-state index is -0.645. The van der Waals surface area contributed by atoms with Crippen molar-refractivity contribution in [1.29, 1.82) is 0 Å². The maximum atomic E-state index is 12.7. The Morgan fingerprint density at radius 3 is 2.33 bits per heavy atom. The predicted molar refractivity (Wildman–Crippen MR) is 103 cm³/mol. The van der Waals surface area contributed by atoms with Gasteiger partial charge in [0.25, 0.3) is 5.91 Å². The van der Waals surface area contributed by atoms with Crippen LogP contribution in [0.2, 0.25) is 0 Å². The number of carbonyl (C=O) groups is 2. The number of nitrogens with two attached hydrogens (primary N) is 1. The van der Waals surface area contributed by atoms with Gasteiger partial charge < -0.3 is 20.4 Å². The quantitative estimate of drug-likeness (QED) is 0.867. The molecule has 6 heteroatoms.